The quantitative estimate of drug-likeness (QED) is 0.918. The fraction of sp³-hybridized carbons (Fsp3) is 0.529. The summed E-state index contributed by atoms with van der Waals surface area (Å²) in [5.41, 5.74) is 5.87. The lowest BCUT2D eigenvalue weighted by molar-refractivity contribution is -0.137. The van der Waals surface area contributed by atoms with Crippen LogP contribution in [0.15, 0.2) is 18.2 Å². The average Bonchev–Trinajstić information content (AvgIpc) is 2.94. The van der Waals surface area contributed by atoms with Crippen LogP contribution >= 0.6 is 11.6 Å². The summed E-state index contributed by atoms with van der Waals surface area (Å²) < 4.78 is 13.4. The van der Waals surface area contributed by atoms with E-state index in [9.17, 15) is 14.4 Å². The van der Waals surface area contributed by atoms with Gasteiger partial charge in [-0.1, -0.05) is 17.7 Å². The fourth-order valence-electron chi connectivity index (χ4n) is 3.18. The lowest BCUT2D eigenvalue weighted by Gasteiger charge is -2.37. The Labute approximate surface area is 141 Å². The van der Waals surface area contributed by atoms with Gasteiger partial charge in [-0.15, -0.1) is 0 Å². The van der Waals surface area contributed by atoms with Crippen LogP contribution in [0.3, 0.4) is 0 Å². The monoisotopic (exact) mass is 337 g/mol. The third kappa shape index (κ3) is 3.34. The van der Waals surface area contributed by atoms with E-state index in [4.69, 9.17) is 17.3 Å². The molecule has 1 fully saturated rings. The van der Waals surface area contributed by atoms with E-state index < -0.39 is 17.3 Å². The van der Waals surface area contributed by atoms with Gasteiger partial charge in [0.1, 0.15) is 5.82 Å². The highest BCUT2D eigenvalue weighted by molar-refractivity contribution is 6.30. The first kappa shape index (κ1) is 17.7. The van der Waals surface area contributed by atoms with Crippen molar-refractivity contribution in [2.45, 2.75) is 51.7 Å². The van der Waals surface area contributed by atoms with Crippen molar-refractivity contribution in [3.63, 3.8) is 0 Å². The predicted octanol–water partition coefficient (Wildman–Crippen LogP) is 3.41. The lowest BCUT2D eigenvalue weighted by atomic mass is 9.84. The van der Waals surface area contributed by atoms with E-state index in [1.54, 1.807) is 24.0 Å². The lowest BCUT2D eigenvalue weighted by Crippen LogP contribution is -2.50. The molecule has 1 heterocycles. The van der Waals surface area contributed by atoms with Gasteiger partial charge < -0.3 is 10.6 Å². The molecular weight excluding hydrogens is 317 g/mol. The summed E-state index contributed by atoms with van der Waals surface area (Å²) in [4.78, 5) is 14.3. The minimum Gasteiger partial charge on any atom is -0.330 e. The molecule has 0 saturated carbocycles. The fourth-order valence-corrected chi connectivity index (χ4v) is 3.37. The van der Waals surface area contributed by atoms with Crippen LogP contribution in [0.2, 0.25) is 5.02 Å². The first-order valence-corrected chi connectivity index (χ1v) is 8.00. The first-order valence-electron chi connectivity index (χ1n) is 7.63. The zero-order chi connectivity index (χ0) is 17.4. The van der Waals surface area contributed by atoms with Crippen LogP contribution in [0.1, 0.15) is 45.2 Å². The number of rotatable bonds is 3. The highest BCUT2D eigenvalue weighted by Crippen LogP contribution is 2.43. The normalized spacial score (nSPS) is 22.7. The van der Waals surface area contributed by atoms with Gasteiger partial charge in [-0.25, -0.2) is 4.39 Å². The van der Waals surface area contributed by atoms with Gasteiger partial charge in [-0.05, 0) is 51.3 Å². The van der Waals surface area contributed by atoms with Crippen molar-refractivity contribution in [3.05, 3.63) is 34.6 Å². The second-order valence-corrected chi connectivity index (χ2v) is 7.06. The van der Waals surface area contributed by atoms with Crippen LogP contribution in [0.25, 0.3) is 0 Å². The van der Waals surface area contributed by atoms with Gasteiger partial charge in [0, 0.05) is 0 Å². The van der Waals surface area contributed by atoms with Crippen molar-refractivity contribution in [1.29, 1.82) is 5.26 Å². The highest BCUT2D eigenvalue weighted by atomic mass is 35.5. The van der Waals surface area contributed by atoms with Crippen molar-refractivity contribution in [2.75, 3.05) is 0 Å². The molecule has 23 heavy (non-hydrogen) atoms. The van der Waals surface area contributed by atoms with Gasteiger partial charge in [-0.3, -0.25) is 4.79 Å². The van der Waals surface area contributed by atoms with Gasteiger partial charge >= 0.3 is 0 Å². The molecule has 1 unspecified atom stereocenters. The van der Waals surface area contributed by atoms with Crippen LogP contribution in [0.5, 0.6) is 0 Å². The minimum atomic E-state index is -0.691. The van der Waals surface area contributed by atoms with Crippen molar-refractivity contribution in [1.82, 2.24) is 4.90 Å². The number of amides is 1. The van der Waals surface area contributed by atoms with Gasteiger partial charge in [0.25, 0.3) is 0 Å². The Bertz CT molecular complexity index is 654. The Balaban J connectivity index is 2.44. The largest absolute Gasteiger partial charge is 0.330 e. The molecule has 0 radical (unpaired) electrons. The molecule has 2 N–H and O–H groups in total. The standard InChI is InChI=1S/C17H21ClFN3O/c1-10(21)16(23)22-14(6-7-15(22)17(2,3)9-20)11-4-5-13(19)12(18)8-11/h4-5,8,10,14-15H,6-7,21H2,1-3H3/t10-,14+,15?/m1/s1. The van der Waals surface area contributed by atoms with Crippen LogP contribution in [-0.2, 0) is 4.79 Å². The van der Waals surface area contributed by atoms with E-state index in [-0.39, 0.29) is 23.0 Å². The number of nitrogens with zero attached hydrogens (tertiary/aromatic N) is 2. The third-order valence-electron chi connectivity index (χ3n) is 4.48. The second-order valence-electron chi connectivity index (χ2n) is 6.65. The highest BCUT2D eigenvalue weighted by Gasteiger charge is 2.46. The number of hydrogen-bond acceptors (Lipinski definition) is 3. The zero-order valence-electron chi connectivity index (χ0n) is 13.5. The number of hydrogen-bond donors (Lipinski definition) is 1. The van der Waals surface area contributed by atoms with E-state index in [1.807, 2.05) is 13.8 Å². The van der Waals surface area contributed by atoms with Crippen molar-refractivity contribution < 1.29 is 9.18 Å². The van der Waals surface area contributed by atoms with Crippen LogP contribution < -0.4 is 5.73 Å². The molecule has 0 aromatic heterocycles. The molecule has 1 aromatic rings. The maximum Gasteiger partial charge on any atom is 0.240 e. The van der Waals surface area contributed by atoms with Crippen LogP contribution in [-0.4, -0.2) is 22.9 Å². The summed E-state index contributed by atoms with van der Waals surface area (Å²) in [5.74, 6) is -0.700. The maximum absolute atomic E-state index is 13.4. The Morgan fingerprint density at radius 3 is 2.70 bits per heavy atom. The summed E-state index contributed by atoms with van der Waals surface area (Å²) in [6, 6.07) is 5.61. The second kappa shape index (κ2) is 6.46. The molecule has 0 aliphatic carbocycles. The summed E-state index contributed by atoms with van der Waals surface area (Å²) in [6.45, 7) is 5.27. The molecule has 1 aliphatic rings. The summed E-state index contributed by atoms with van der Waals surface area (Å²) in [7, 11) is 0. The minimum absolute atomic E-state index is 0.0266. The molecular formula is C17H21ClFN3O. The Morgan fingerprint density at radius 2 is 2.17 bits per heavy atom. The van der Waals surface area contributed by atoms with E-state index in [2.05, 4.69) is 6.07 Å². The van der Waals surface area contributed by atoms with E-state index in [0.29, 0.717) is 12.8 Å². The van der Waals surface area contributed by atoms with Gasteiger partial charge in [0.15, 0.2) is 0 Å². The number of carbonyl (C=O) groups is 1. The molecule has 4 nitrogen and oxygen atoms in total. The number of nitrogens with two attached hydrogens (primary N) is 1. The molecule has 2 rings (SSSR count). The number of carbonyl (C=O) groups excluding carboxylic acids is 1. The van der Waals surface area contributed by atoms with E-state index >= 15 is 0 Å². The summed E-state index contributed by atoms with van der Waals surface area (Å²) in [6.07, 6.45) is 1.38. The summed E-state index contributed by atoms with van der Waals surface area (Å²) >= 11 is 5.88. The Kier molecular flexibility index (Phi) is 4.98. The molecule has 6 heteroatoms. The Hall–Kier alpha value is -1.64. The number of nitriles is 1. The van der Waals surface area contributed by atoms with E-state index in [0.717, 1.165) is 5.56 Å². The number of halogens is 2. The first-order chi connectivity index (χ1) is 10.7. The number of likely N-dealkylation sites (tertiary alicyclic amines) is 1. The van der Waals surface area contributed by atoms with Crippen molar-refractivity contribution in [2.24, 2.45) is 11.1 Å². The summed E-state index contributed by atoms with van der Waals surface area (Å²) in [5, 5.41) is 9.47. The van der Waals surface area contributed by atoms with Gasteiger partial charge in [0.2, 0.25) is 5.91 Å². The number of benzene rings is 1. The van der Waals surface area contributed by atoms with E-state index in [1.165, 1.54) is 6.07 Å². The van der Waals surface area contributed by atoms with Crippen LogP contribution in [0, 0.1) is 22.6 Å². The SMILES string of the molecule is C[C@@H](N)C(=O)N1C(C(C)(C)C#N)CC[C@H]1c1ccc(F)c(Cl)c1. The third-order valence-corrected chi connectivity index (χ3v) is 4.77. The zero-order valence-corrected chi connectivity index (χ0v) is 14.3. The van der Waals surface area contributed by atoms with Crippen molar-refractivity contribution >= 4 is 17.5 Å². The molecule has 0 bridgehead atoms. The van der Waals surface area contributed by atoms with Gasteiger partial charge in [-0.2, -0.15) is 5.26 Å². The molecule has 124 valence electrons. The molecule has 3 atom stereocenters. The van der Waals surface area contributed by atoms with Gasteiger partial charge in [0.05, 0.1) is 34.6 Å². The predicted molar refractivity (Wildman–Crippen MR) is 87.1 cm³/mol. The Morgan fingerprint density at radius 1 is 1.52 bits per heavy atom. The molecule has 1 saturated heterocycles. The molecule has 1 aromatic carbocycles. The smallest absolute Gasteiger partial charge is 0.240 e. The molecule has 0 spiro atoms. The maximum atomic E-state index is 13.4. The average molecular weight is 338 g/mol. The topological polar surface area (TPSA) is 70.1 Å². The van der Waals surface area contributed by atoms with Crippen molar-refractivity contribution in [3.8, 4) is 6.07 Å². The molecule has 1 amide bonds. The van der Waals surface area contributed by atoms with Crippen LogP contribution in [0.4, 0.5) is 4.39 Å². The molecule has 1 aliphatic heterocycles.